The maximum atomic E-state index is 2.61. The zero-order chi connectivity index (χ0) is 31.4. The van der Waals surface area contributed by atoms with Crippen LogP contribution < -0.4 is 0 Å². The maximum absolute atomic E-state index is 2.61. The van der Waals surface area contributed by atoms with E-state index < -0.39 is 0 Å². The predicted molar refractivity (Wildman–Crippen MR) is 196 cm³/mol. The van der Waals surface area contributed by atoms with Crippen LogP contribution in [0.4, 0.5) is 0 Å². The third-order valence-electron chi connectivity index (χ3n) is 13.0. The first-order valence-corrected chi connectivity index (χ1v) is 17.5. The van der Waals surface area contributed by atoms with E-state index in [0.29, 0.717) is 11.3 Å². The fraction of sp³-hybridized carbons (Fsp3) is 0.304. The molecule has 0 heterocycles. The second-order valence-electron chi connectivity index (χ2n) is 15.9. The molecule has 3 atom stereocenters. The molecule has 3 aliphatic carbocycles. The van der Waals surface area contributed by atoms with Crippen LogP contribution in [0.2, 0.25) is 0 Å². The highest BCUT2D eigenvalue weighted by molar-refractivity contribution is 6.14. The Kier molecular flexibility index (Phi) is 5.91. The summed E-state index contributed by atoms with van der Waals surface area (Å²) in [6, 6.07) is 42.5. The standard InChI is InChI=1S/C46H44/c1-29-12-14-31(15-13-29)43-36-19-17-32(26-34(36)28-45(4)24-8-9-25-46(43,45)5)33-18-21-39-41(27-33)44(2,3)40-23-22-37-35-11-7-6-10-30(35)16-20-38(37)42(39)40/h6-7,10-23,26-27,43H,8-9,24-25,28H2,1-5H3. The van der Waals surface area contributed by atoms with E-state index in [4.69, 9.17) is 0 Å². The molecule has 6 aromatic rings. The van der Waals surface area contributed by atoms with Crippen molar-refractivity contribution < 1.29 is 0 Å². The van der Waals surface area contributed by atoms with Crippen molar-refractivity contribution in [3.63, 3.8) is 0 Å². The van der Waals surface area contributed by atoms with Gasteiger partial charge in [0.1, 0.15) is 0 Å². The molecule has 0 saturated heterocycles. The van der Waals surface area contributed by atoms with Crippen LogP contribution in [0.15, 0.2) is 109 Å². The highest BCUT2D eigenvalue weighted by atomic mass is 14.6. The lowest BCUT2D eigenvalue weighted by molar-refractivity contribution is -0.00925. The van der Waals surface area contributed by atoms with E-state index in [-0.39, 0.29) is 10.8 Å². The summed E-state index contributed by atoms with van der Waals surface area (Å²) in [6.45, 7) is 12.3. The van der Waals surface area contributed by atoms with E-state index >= 15 is 0 Å². The third-order valence-corrected chi connectivity index (χ3v) is 13.0. The Labute approximate surface area is 274 Å². The molecule has 0 bridgehead atoms. The van der Waals surface area contributed by atoms with Gasteiger partial charge in [-0.25, -0.2) is 0 Å². The molecule has 46 heavy (non-hydrogen) atoms. The number of hydrogen-bond acceptors (Lipinski definition) is 0. The Morgan fingerprint density at radius 1 is 0.609 bits per heavy atom. The van der Waals surface area contributed by atoms with Crippen molar-refractivity contribution in [2.75, 3.05) is 0 Å². The Balaban J connectivity index is 1.18. The van der Waals surface area contributed by atoms with Crippen LogP contribution in [-0.2, 0) is 11.8 Å². The van der Waals surface area contributed by atoms with Gasteiger partial charge in [0.2, 0.25) is 0 Å². The van der Waals surface area contributed by atoms with Gasteiger partial charge in [-0.1, -0.05) is 149 Å². The third kappa shape index (κ3) is 3.80. The van der Waals surface area contributed by atoms with Gasteiger partial charge in [-0.3, -0.25) is 0 Å². The molecule has 0 aliphatic heterocycles. The van der Waals surface area contributed by atoms with Crippen molar-refractivity contribution in [2.24, 2.45) is 10.8 Å². The molecule has 0 amide bonds. The van der Waals surface area contributed by atoms with Gasteiger partial charge >= 0.3 is 0 Å². The summed E-state index contributed by atoms with van der Waals surface area (Å²) >= 11 is 0. The molecule has 0 aromatic heterocycles. The van der Waals surface area contributed by atoms with Gasteiger partial charge in [-0.2, -0.15) is 0 Å². The molecule has 0 radical (unpaired) electrons. The summed E-state index contributed by atoms with van der Waals surface area (Å²) in [4.78, 5) is 0. The fourth-order valence-electron chi connectivity index (χ4n) is 10.2. The first-order valence-electron chi connectivity index (χ1n) is 17.5. The smallest absolute Gasteiger partial charge is 0.0159 e. The molecule has 0 spiro atoms. The number of benzene rings is 6. The van der Waals surface area contributed by atoms with Crippen LogP contribution in [0.1, 0.15) is 92.7 Å². The fourth-order valence-corrected chi connectivity index (χ4v) is 10.2. The van der Waals surface area contributed by atoms with Crippen LogP contribution in [0.5, 0.6) is 0 Å². The van der Waals surface area contributed by atoms with Crippen molar-refractivity contribution in [3.05, 3.63) is 143 Å². The van der Waals surface area contributed by atoms with Gasteiger partial charge in [0.25, 0.3) is 0 Å². The van der Waals surface area contributed by atoms with Crippen molar-refractivity contribution in [1.29, 1.82) is 0 Å². The molecule has 3 unspecified atom stereocenters. The van der Waals surface area contributed by atoms with Gasteiger partial charge < -0.3 is 0 Å². The SMILES string of the molecule is Cc1ccc(C2c3ccc(-c4ccc5c(c4)C(C)(C)c4ccc6c(ccc7ccccc76)c4-5)cc3CC3(C)CCCCC23C)cc1. The number of aryl methyl sites for hydroxylation is 1. The van der Waals surface area contributed by atoms with Crippen molar-refractivity contribution >= 4 is 21.5 Å². The topological polar surface area (TPSA) is 0 Å². The molecule has 3 aliphatic rings. The highest BCUT2D eigenvalue weighted by Crippen LogP contribution is 2.64. The molecule has 228 valence electrons. The summed E-state index contributed by atoms with van der Waals surface area (Å²) in [7, 11) is 0. The minimum Gasteiger partial charge on any atom is -0.0616 e. The van der Waals surface area contributed by atoms with Gasteiger partial charge in [0.15, 0.2) is 0 Å². The zero-order valence-corrected chi connectivity index (χ0v) is 28.0. The van der Waals surface area contributed by atoms with Crippen molar-refractivity contribution in [1.82, 2.24) is 0 Å². The van der Waals surface area contributed by atoms with Crippen molar-refractivity contribution in [3.8, 4) is 22.3 Å². The van der Waals surface area contributed by atoms with E-state index in [1.807, 2.05) is 0 Å². The second kappa shape index (κ2) is 9.68. The molecular formula is C46H44. The van der Waals surface area contributed by atoms with Crippen LogP contribution >= 0.6 is 0 Å². The minimum atomic E-state index is -0.0529. The van der Waals surface area contributed by atoms with E-state index in [9.17, 15) is 0 Å². The summed E-state index contributed by atoms with van der Waals surface area (Å²) in [6.07, 6.45) is 6.52. The minimum absolute atomic E-state index is 0.0529. The van der Waals surface area contributed by atoms with Crippen molar-refractivity contribution in [2.45, 2.75) is 78.1 Å². The van der Waals surface area contributed by atoms with Crippen LogP contribution in [0.25, 0.3) is 43.8 Å². The molecule has 0 nitrogen and oxygen atoms in total. The van der Waals surface area contributed by atoms with E-state index in [1.54, 1.807) is 11.1 Å². The summed E-state index contributed by atoms with van der Waals surface area (Å²) in [5.41, 5.74) is 14.9. The Morgan fingerprint density at radius 3 is 2.20 bits per heavy atom. The predicted octanol–water partition coefficient (Wildman–Crippen LogP) is 12.5. The van der Waals surface area contributed by atoms with Crippen LogP contribution in [-0.4, -0.2) is 0 Å². The number of hydrogen-bond donors (Lipinski definition) is 0. The van der Waals surface area contributed by atoms with Crippen LogP contribution in [0.3, 0.4) is 0 Å². The van der Waals surface area contributed by atoms with E-state index in [2.05, 4.69) is 144 Å². The van der Waals surface area contributed by atoms with Gasteiger partial charge in [0.05, 0.1) is 0 Å². The van der Waals surface area contributed by atoms with Crippen LogP contribution in [0, 0.1) is 17.8 Å². The van der Waals surface area contributed by atoms with Gasteiger partial charge in [-0.05, 0) is 115 Å². The monoisotopic (exact) mass is 596 g/mol. The highest BCUT2D eigenvalue weighted by Gasteiger charge is 2.54. The van der Waals surface area contributed by atoms with Gasteiger partial charge in [-0.15, -0.1) is 0 Å². The first kappa shape index (κ1) is 28.1. The molecule has 6 aromatic carbocycles. The molecule has 9 rings (SSSR count). The lowest BCUT2D eigenvalue weighted by Gasteiger charge is -2.58. The molecule has 1 fully saturated rings. The quantitative estimate of drug-likeness (QED) is 0.174. The number of rotatable bonds is 2. The normalized spacial score (nSPS) is 24.3. The molecule has 0 heteroatoms. The average molecular weight is 597 g/mol. The molecular weight excluding hydrogens is 553 g/mol. The lowest BCUT2D eigenvalue weighted by atomic mass is 9.46. The first-order chi connectivity index (χ1) is 22.2. The Morgan fingerprint density at radius 2 is 1.35 bits per heavy atom. The van der Waals surface area contributed by atoms with E-state index in [1.165, 1.54) is 98.2 Å². The Hall–Kier alpha value is -4.16. The summed E-state index contributed by atoms with van der Waals surface area (Å²) in [5.74, 6) is 0.439. The molecule has 0 N–H and O–H groups in total. The second-order valence-corrected chi connectivity index (χ2v) is 15.9. The van der Waals surface area contributed by atoms with E-state index in [0.717, 1.165) is 0 Å². The number of fused-ring (bicyclic) bond motifs is 9. The maximum Gasteiger partial charge on any atom is 0.0159 e. The lowest BCUT2D eigenvalue weighted by Crippen LogP contribution is -2.49. The summed E-state index contributed by atoms with van der Waals surface area (Å²) in [5, 5.41) is 5.37. The summed E-state index contributed by atoms with van der Waals surface area (Å²) < 4.78 is 0. The largest absolute Gasteiger partial charge is 0.0616 e. The average Bonchev–Trinajstić information content (AvgIpc) is 3.29. The zero-order valence-electron chi connectivity index (χ0n) is 28.0. The Bertz CT molecular complexity index is 2200. The molecule has 1 saturated carbocycles. The van der Waals surface area contributed by atoms with Gasteiger partial charge in [0, 0.05) is 11.3 Å².